The molecule has 0 saturated carbocycles. The van der Waals surface area contributed by atoms with Crippen LogP contribution in [-0.2, 0) is 20.7 Å². The van der Waals surface area contributed by atoms with Crippen LogP contribution in [0.25, 0.3) is 0 Å². The van der Waals surface area contributed by atoms with Gasteiger partial charge in [-0.1, -0.05) is 42.5 Å². The van der Waals surface area contributed by atoms with Gasteiger partial charge in [0.15, 0.2) is 6.61 Å². The van der Waals surface area contributed by atoms with Crippen molar-refractivity contribution >= 4 is 23.7 Å². The highest BCUT2D eigenvalue weighted by Gasteiger charge is 2.43. The Labute approximate surface area is 149 Å². The lowest BCUT2D eigenvalue weighted by Crippen LogP contribution is -2.47. The van der Waals surface area contributed by atoms with Gasteiger partial charge in [0.25, 0.3) is 17.7 Å². The van der Waals surface area contributed by atoms with Crippen LogP contribution in [0.15, 0.2) is 54.6 Å². The Bertz CT molecular complexity index is 844. The normalized spacial score (nSPS) is 14.1. The molecular formula is C19H16N2O5. The second-order valence-corrected chi connectivity index (χ2v) is 5.81. The quantitative estimate of drug-likeness (QED) is 0.615. The lowest BCUT2D eigenvalue weighted by Gasteiger charge is -2.24. The van der Waals surface area contributed by atoms with Crippen molar-refractivity contribution in [2.24, 2.45) is 5.73 Å². The van der Waals surface area contributed by atoms with Gasteiger partial charge in [-0.15, -0.1) is 0 Å². The van der Waals surface area contributed by atoms with E-state index >= 15 is 0 Å². The summed E-state index contributed by atoms with van der Waals surface area (Å²) in [6.07, 6.45) is 0.0733. The van der Waals surface area contributed by atoms with Crippen LogP contribution in [0, 0.1) is 0 Å². The number of carbonyl (C=O) groups is 4. The molecule has 0 aromatic heterocycles. The van der Waals surface area contributed by atoms with E-state index in [4.69, 9.17) is 10.5 Å². The van der Waals surface area contributed by atoms with Gasteiger partial charge in [0, 0.05) is 6.42 Å². The molecule has 1 heterocycles. The first-order valence-corrected chi connectivity index (χ1v) is 7.95. The van der Waals surface area contributed by atoms with Crippen molar-refractivity contribution in [1.82, 2.24) is 4.90 Å². The van der Waals surface area contributed by atoms with E-state index in [1.807, 2.05) is 6.07 Å². The summed E-state index contributed by atoms with van der Waals surface area (Å²) < 4.78 is 4.89. The third-order valence-electron chi connectivity index (χ3n) is 4.04. The van der Waals surface area contributed by atoms with E-state index in [0.29, 0.717) is 0 Å². The molecule has 0 radical (unpaired) electrons. The Kier molecular flexibility index (Phi) is 4.79. The molecule has 26 heavy (non-hydrogen) atoms. The fourth-order valence-electron chi connectivity index (χ4n) is 2.85. The maximum absolute atomic E-state index is 12.7. The van der Waals surface area contributed by atoms with Gasteiger partial charge in [-0.2, -0.15) is 0 Å². The van der Waals surface area contributed by atoms with E-state index in [0.717, 1.165) is 10.5 Å². The first-order chi connectivity index (χ1) is 12.5. The summed E-state index contributed by atoms with van der Waals surface area (Å²) >= 11 is 0. The summed E-state index contributed by atoms with van der Waals surface area (Å²) in [6, 6.07) is 14.1. The molecule has 2 N–H and O–H groups in total. The molecule has 0 aliphatic carbocycles. The van der Waals surface area contributed by atoms with E-state index in [1.54, 1.807) is 36.4 Å². The van der Waals surface area contributed by atoms with Gasteiger partial charge in [-0.05, 0) is 17.7 Å². The largest absolute Gasteiger partial charge is 0.454 e. The average molecular weight is 352 g/mol. The predicted molar refractivity (Wildman–Crippen MR) is 91.0 cm³/mol. The number of imide groups is 1. The summed E-state index contributed by atoms with van der Waals surface area (Å²) in [7, 11) is 0. The first kappa shape index (κ1) is 17.3. The summed E-state index contributed by atoms with van der Waals surface area (Å²) in [5.41, 5.74) is 6.22. The first-order valence-electron chi connectivity index (χ1n) is 7.95. The Morgan fingerprint density at radius 1 is 0.923 bits per heavy atom. The molecule has 0 bridgehead atoms. The molecule has 0 saturated heterocycles. The molecule has 1 atom stereocenters. The molecule has 7 heteroatoms. The molecular weight excluding hydrogens is 336 g/mol. The Hall–Kier alpha value is -3.48. The zero-order valence-corrected chi connectivity index (χ0v) is 13.8. The number of ether oxygens (including phenoxy) is 1. The standard InChI is InChI=1S/C19H16N2O5/c20-16(22)11-26-19(25)15(10-12-6-2-1-3-7-12)21-17(23)13-8-4-5-9-14(13)18(21)24/h1-9,15H,10-11H2,(H2,20,22). The van der Waals surface area contributed by atoms with Gasteiger partial charge in [0.1, 0.15) is 6.04 Å². The third-order valence-corrected chi connectivity index (χ3v) is 4.04. The van der Waals surface area contributed by atoms with Crippen LogP contribution in [0.5, 0.6) is 0 Å². The van der Waals surface area contributed by atoms with Crippen LogP contribution in [0.1, 0.15) is 26.3 Å². The molecule has 2 aromatic rings. The molecule has 0 fully saturated rings. The van der Waals surface area contributed by atoms with E-state index in [9.17, 15) is 19.2 Å². The maximum Gasteiger partial charge on any atom is 0.330 e. The molecule has 2 aromatic carbocycles. The van der Waals surface area contributed by atoms with Crippen molar-refractivity contribution in [3.8, 4) is 0 Å². The monoisotopic (exact) mass is 352 g/mol. The molecule has 3 amide bonds. The van der Waals surface area contributed by atoms with Gasteiger partial charge in [-0.3, -0.25) is 19.3 Å². The third kappa shape index (κ3) is 3.32. The van der Waals surface area contributed by atoms with Crippen molar-refractivity contribution in [2.75, 3.05) is 6.61 Å². The fourth-order valence-corrected chi connectivity index (χ4v) is 2.85. The van der Waals surface area contributed by atoms with Crippen LogP contribution in [0.2, 0.25) is 0 Å². The fraction of sp³-hybridized carbons (Fsp3) is 0.158. The minimum atomic E-state index is -1.19. The van der Waals surface area contributed by atoms with E-state index in [-0.39, 0.29) is 17.5 Å². The van der Waals surface area contributed by atoms with E-state index in [2.05, 4.69) is 0 Å². The lowest BCUT2D eigenvalue weighted by molar-refractivity contribution is -0.151. The molecule has 132 valence electrons. The van der Waals surface area contributed by atoms with Crippen molar-refractivity contribution in [1.29, 1.82) is 0 Å². The minimum Gasteiger partial charge on any atom is -0.454 e. The number of hydrogen-bond acceptors (Lipinski definition) is 5. The lowest BCUT2D eigenvalue weighted by atomic mass is 10.0. The highest BCUT2D eigenvalue weighted by molar-refractivity contribution is 6.22. The zero-order chi connectivity index (χ0) is 18.7. The van der Waals surface area contributed by atoms with Gasteiger partial charge in [0.2, 0.25) is 0 Å². The van der Waals surface area contributed by atoms with Gasteiger partial charge in [-0.25, -0.2) is 4.79 Å². The van der Waals surface area contributed by atoms with Crippen LogP contribution in [0.3, 0.4) is 0 Å². The molecule has 1 aliphatic heterocycles. The number of esters is 1. The predicted octanol–water partition coefficient (Wildman–Crippen LogP) is 0.922. The molecule has 3 rings (SSSR count). The van der Waals surface area contributed by atoms with E-state index < -0.39 is 36.3 Å². The summed E-state index contributed by atoms with van der Waals surface area (Å²) in [6.45, 7) is -0.618. The molecule has 0 spiro atoms. The molecule has 1 aliphatic rings. The number of primary amides is 1. The van der Waals surface area contributed by atoms with Gasteiger partial charge < -0.3 is 10.5 Å². The zero-order valence-electron chi connectivity index (χ0n) is 13.8. The highest BCUT2D eigenvalue weighted by Crippen LogP contribution is 2.26. The van der Waals surface area contributed by atoms with Gasteiger partial charge >= 0.3 is 5.97 Å². The minimum absolute atomic E-state index is 0.0733. The summed E-state index contributed by atoms with van der Waals surface area (Å²) in [5, 5.41) is 0. The topological polar surface area (TPSA) is 107 Å². The number of benzene rings is 2. The van der Waals surface area contributed by atoms with Crippen LogP contribution in [-0.4, -0.2) is 41.2 Å². The summed E-state index contributed by atoms with van der Waals surface area (Å²) in [5.74, 6) is -2.81. The second kappa shape index (κ2) is 7.18. The number of carbonyl (C=O) groups excluding carboxylic acids is 4. The van der Waals surface area contributed by atoms with E-state index in [1.165, 1.54) is 12.1 Å². The number of nitrogens with zero attached hydrogens (tertiary/aromatic N) is 1. The van der Waals surface area contributed by atoms with Gasteiger partial charge in [0.05, 0.1) is 11.1 Å². The molecule has 1 unspecified atom stereocenters. The number of rotatable bonds is 6. The smallest absolute Gasteiger partial charge is 0.330 e. The molecule has 7 nitrogen and oxygen atoms in total. The SMILES string of the molecule is NC(=O)COC(=O)C(Cc1ccccc1)N1C(=O)c2ccccc2C1=O. The highest BCUT2D eigenvalue weighted by atomic mass is 16.5. The Balaban J connectivity index is 1.93. The number of amides is 3. The van der Waals surface area contributed by atoms with Crippen LogP contribution in [0.4, 0.5) is 0 Å². The van der Waals surface area contributed by atoms with Crippen molar-refractivity contribution < 1.29 is 23.9 Å². The van der Waals surface area contributed by atoms with Crippen molar-refractivity contribution in [3.63, 3.8) is 0 Å². The van der Waals surface area contributed by atoms with Crippen molar-refractivity contribution in [3.05, 3.63) is 71.3 Å². The van der Waals surface area contributed by atoms with Crippen molar-refractivity contribution in [2.45, 2.75) is 12.5 Å². The number of hydrogen-bond donors (Lipinski definition) is 1. The number of fused-ring (bicyclic) bond motifs is 1. The van der Waals surface area contributed by atoms with Crippen LogP contribution < -0.4 is 5.73 Å². The Morgan fingerprint density at radius 2 is 1.46 bits per heavy atom. The summed E-state index contributed by atoms with van der Waals surface area (Å²) in [4.78, 5) is 49.7. The average Bonchev–Trinajstić information content (AvgIpc) is 2.90. The maximum atomic E-state index is 12.7. The number of nitrogens with two attached hydrogens (primary N) is 1. The second-order valence-electron chi connectivity index (χ2n) is 5.81. The Morgan fingerprint density at radius 3 is 2.00 bits per heavy atom. The van der Waals surface area contributed by atoms with Crippen LogP contribution >= 0.6 is 0 Å².